The molecule has 1 nitrogen and oxygen atoms in total. The minimum absolute atomic E-state index is 0.193. The van der Waals surface area contributed by atoms with Gasteiger partial charge in [-0.25, -0.2) is 4.85 Å². The lowest BCUT2D eigenvalue weighted by atomic mass is 9.82. The van der Waals surface area contributed by atoms with Gasteiger partial charge in [-0.15, -0.1) is 0 Å². The maximum atomic E-state index is 7.05. The lowest BCUT2D eigenvalue weighted by molar-refractivity contribution is 0.583. The molecule has 0 N–H and O–H groups in total. The van der Waals surface area contributed by atoms with E-state index in [2.05, 4.69) is 37.7 Å². The van der Waals surface area contributed by atoms with Crippen LogP contribution in [0.2, 0.25) is 0 Å². The molecule has 0 heterocycles. The van der Waals surface area contributed by atoms with E-state index in [1.807, 2.05) is 6.07 Å². The summed E-state index contributed by atoms with van der Waals surface area (Å²) in [5, 5.41) is 0. The molecule has 2 rings (SSSR count). The summed E-state index contributed by atoms with van der Waals surface area (Å²) in [7, 11) is 0. The Labute approximate surface area is 91.9 Å². The molecule has 1 heteroatoms. The van der Waals surface area contributed by atoms with Crippen LogP contribution in [0.4, 0.5) is 5.69 Å². The van der Waals surface area contributed by atoms with E-state index < -0.39 is 0 Å². The van der Waals surface area contributed by atoms with Gasteiger partial charge in [-0.05, 0) is 29.7 Å². The summed E-state index contributed by atoms with van der Waals surface area (Å²) in [5.41, 5.74) is 3.80. The van der Waals surface area contributed by atoms with Crippen molar-refractivity contribution in [3.05, 3.63) is 40.7 Å². The fraction of sp³-hybridized carbons (Fsp3) is 0.500. The van der Waals surface area contributed by atoms with E-state index in [0.29, 0.717) is 0 Å². The summed E-state index contributed by atoms with van der Waals surface area (Å²) in [6.45, 7) is 13.8. The van der Waals surface area contributed by atoms with Crippen molar-refractivity contribution in [3.8, 4) is 0 Å². The molecule has 0 amide bonds. The van der Waals surface area contributed by atoms with Crippen molar-refractivity contribution in [2.45, 2.75) is 44.9 Å². The summed E-state index contributed by atoms with van der Waals surface area (Å²) in [5.74, 6) is 0.723. The van der Waals surface area contributed by atoms with E-state index in [-0.39, 0.29) is 5.41 Å². The molecular formula is C14H17N. The van der Waals surface area contributed by atoms with Crippen LogP contribution in [-0.4, -0.2) is 0 Å². The molecular weight excluding hydrogens is 182 g/mol. The minimum atomic E-state index is 0.193. The van der Waals surface area contributed by atoms with Gasteiger partial charge < -0.3 is 0 Å². The normalized spacial score (nSPS) is 16.1. The molecule has 1 aliphatic rings. The van der Waals surface area contributed by atoms with Crippen molar-refractivity contribution >= 4 is 5.69 Å². The third-order valence-corrected chi connectivity index (χ3v) is 2.99. The first kappa shape index (κ1) is 10.2. The minimum Gasteiger partial charge on any atom is -0.238 e. The second kappa shape index (κ2) is 3.38. The van der Waals surface area contributed by atoms with Crippen LogP contribution in [-0.2, 0) is 5.41 Å². The van der Waals surface area contributed by atoms with Gasteiger partial charge >= 0.3 is 0 Å². The molecule has 1 fully saturated rings. The van der Waals surface area contributed by atoms with Crippen LogP contribution >= 0.6 is 0 Å². The molecule has 1 aromatic rings. The third-order valence-electron chi connectivity index (χ3n) is 2.99. The number of benzene rings is 1. The first-order valence-corrected chi connectivity index (χ1v) is 5.54. The molecule has 0 aliphatic heterocycles. The van der Waals surface area contributed by atoms with Gasteiger partial charge in [0.25, 0.3) is 0 Å². The standard InChI is InChI=1S/C14H17N/c1-14(2,3)13-8-7-11(15-4)9-12(13)10-5-6-10/h7-10H,5-6H2,1-3H3. The highest BCUT2D eigenvalue weighted by Crippen LogP contribution is 2.45. The Bertz CT molecular complexity index is 414. The van der Waals surface area contributed by atoms with E-state index in [4.69, 9.17) is 6.57 Å². The van der Waals surface area contributed by atoms with Gasteiger partial charge in [0, 0.05) is 0 Å². The molecule has 0 radical (unpaired) electrons. The monoisotopic (exact) mass is 199 g/mol. The van der Waals surface area contributed by atoms with Crippen molar-refractivity contribution in [2.24, 2.45) is 0 Å². The second-order valence-electron chi connectivity index (χ2n) is 5.41. The van der Waals surface area contributed by atoms with Crippen molar-refractivity contribution in [2.75, 3.05) is 0 Å². The van der Waals surface area contributed by atoms with Crippen LogP contribution in [0.15, 0.2) is 18.2 Å². The molecule has 0 unspecified atom stereocenters. The highest BCUT2D eigenvalue weighted by atomic mass is 14.6. The van der Waals surface area contributed by atoms with E-state index >= 15 is 0 Å². The zero-order valence-corrected chi connectivity index (χ0v) is 9.67. The zero-order valence-electron chi connectivity index (χ0n) is 9.67. The van der Waals surface area contributed by atoms with Crippen LogP contribution in [0, 0.1) is 6.57 Å². The largest absolute Gasteiger partial charge is 0.238 e. The van der Waals surface area contributed by atoms with Crippen molar-refractivity contribution in [3.63, 3.8) is 0 Å². The number of nitrogens with zero attached hydrogens (tertiary/aromatic N) is 1. The highest BCUT2D eigenvalue weighted by molar-refractivity contribution is 5.53. The number of rotatable bonds is 1. The first-order valence-electron chi connectivity index (χ1n) is 5.54. The summed E-state index contributed by atoms with van der Waals surface area (Å²) in [4.78, 5) is 3.51. The zero-order chi connectivity index (χ0) is 11.1. The fourth-order valence-electron chi connectivity index (χ4n) is 2.03. The molecule has 15 heavy (non-hydrogen) atoms. The number of hydrogen-bond donors (Lipinski definition) is 0. The first-order chi connectivity index (χ1) is 7.02. The van der Waals surface area contributed by atoms with Gasteiger partial charge in [-0.1, -0.05) is 44.5 Å². The molecule has 1 aromatic carbocycles. The fourth-order valence-corrected chi connectivity index (χ4v) is 2.03. The highest BCUT2D eigenvalue weighted by Gasteiger charge is 2.29. The van der Waals surface area contributed by atoms with Crippen molar-refractivity contribution in [1.29, 1.82) is 0 Å². The Balaban J connectivity index is 2.50. The van der Waals surface area contributed by atoms with Gasteiger partial charge in [-0.3, -0.25) is 0 Å². The quantitative estimate of drug-likeness (QED) is 0.590. The van der Waals surface area contributed by atoms with Crippen LogP contribution in [0.3, 0.4) is 0 Å². The summed E-state index contributed by atoms with van der Waals surface area (Å²) in [6, 6.07) is 6.17. The second-order valence-corrected chi connectivity index (χ2v) is 5.41. The molecule has 0 aromatic heterocycles. The number of hydrogen-bond acceptors (Lipinski definition) is 0. The van der Waals surface area contributed by atoms with Crippen molar-refractivity contribution in [1.82, 2.24) is 0 Å². The van der Waals surface area contributed by atoms with Gasteiger partial charge in [0.05, 0.1) is 6.57 Å². The molecule has 0 spiro atoms. The predicted octanol–water partition coefficient (Wildman–Crippen LogP) is 4.41. The van der Waals surface area contributed by atoms with Crippen LogP contribution in [0.5, 0.6) is 0 Å². The maximum Gasteiger partial charge on any atom is 0.187 e. The maximum absolute atomic E-state index is 7.05. The molecule has 78 valence electrons. The Hall–Kier alpha value is -1.29. The van der Waals surface area contributed by atoms with E-state index in [1.165, 1.54) is 24.0 Å². The Morgan fingerprint density at radius 3 is 2.40 bits per heavy atom. The summed E-state index contributed by atoms with van der Waals surface area (Å²) >= 11 is 0. The van der Waals surface area contributed by atoms with Crippen molar-refractivity contribution < 1.29 is 0 Å². The van der Waals surface area contributed by atoms with Crippen LogP contribution < -0.4 is 0 Å². The Kier molecular flexibility index (Phi) is 2.31. The predicted molar refractivity (Wildman–Crippen MR) is 63.4 cm³/mol. The molecule has 0 saturated heterocycles. The average molecular weight is 199 g/mol. The Morgan fingerprint density at radius 1 is 1.27 bits per heavy atom. The van der Waals surface area contributed by atoms with Crippen LogP contribution in [0.25, 0.3) is 4.85 Å². The lowest BCUT2D eigenvalue weighted by Gasteiger charge is -2.23. The molecule has 1 aliphatic carbocycles. The molecule has 0 atom stereocenters. The van der Waals surface area contributed by atoms with Gasteiger partial charge in [0.2, 0.25) is 0 Å². The molecule has 1 saturated carbocycles. The average Bonchev–Trinajstić information content (AvgIpc) is 2.98. The Morgan fingerprint density at radius 2 is 1.93 bits per heavy atom. The topological polar surface area (TPSA) is 4.36 Å². The third kappa shape index (κ3) is 2.04. The SMILES string of the molecule is [C-]#[N+]c1ccc(C(C)(C)C)c(C2CC2)c1. The van der Waals surface area contributed by atoms with E-state index in [9.17, 15) is 0 Å². The lowest BCUT2D eigenvalue weighted by Crippen LogP contribution is -2.13. The van der Waals surface area contributed by atoms with Gasteiger partial charge in [0.15, 0.2) is 5.69 Å². The van der Waals surface area contributed by atoms with E-state index in [0.717, 1.165) is 11.6 Å². The molecule has 0 bridgehead atoms. The van der Waals surface area contributed by atoms with Gasteiger partial charge in [-0.2, -0.15) is 0 Å². The van der Waals surface area contributed by atoms with Crippen LogP contribution in [0.1, 0.15) is 50.7 Å². The summed E-state index contributed by atoms with van der Waals surface area (Å²) < 4.78 is 0. The van der Waals surface area contributed by atoms with Gasteiger partial charge in [0.1, 0.15) is 0 Å². The summed E-state index contributed by atoms with van der Waals surface area (Å²) in [6.07, 6.45) is 2.59. The van der Waals surface area contributed by atoms with E-state index in [1.54, 1.807) is 0 Å². The smallest absolute Gasteiger partial charge is 0.187 e.